The van der Waals surface area contributed by atoms with E-state index in [4.69, 9.17) is 33.0 Å². The first-order valence-electron chi connectivity index (χ1n) is 7.06. The molecule has 0 atom stereocenters. The van der Waals surface area contributed by atoms with E-state index in [1.165, 1.54) is 25.3 Å². The number of carbonyl (C=O) groups excluding carboxylic acids is 1. The SMILES string of the molecule is COc1ccc(Cl)cc1C(=O)NCCc1ccc(Cl)c(C(=O)O)c1. The lowest BCUT2D eigenvalue weighted by Gasteiger charge is -2.10. The van der Waals surface area contributed by atoms with Crippen LogP contribution in [0.3, 0.4) is 0 Å². The Bertz CT molecular complexity index is 777. The van der Waals surface area contributed by atoms with E-state index >= 15 is 0 Å². The standard InChI is InChI=1S/C17H15Cl2NO4/c1-24-15-5-3-11(18)9-13(15)16(21)20-7-6-10-2-4-14(19)12(8-10)17(22)23/h2-5,8-9H,6-7H2,1H3,(H,20,21)(H,22,23). The molecule has 0 unspecified atom stereocenters. The van der Waals surface area contributed by atoms with Crippen molar-refractivity contribution >= 4 is 35.1 Å². The second-order valence-corrected chi connectivity index (χ2v) is 5.81. The molecule has 0 aromatic heterocycles. The van der Waals surface area contributed by atoms with Crippen LogP contribution in [0.5, 0.6) is 5.75 Å². The van der Waals surface area contributed by atoms with Crippen LogP contribution >= 0.6 is 23.2 Å². The third kappa shape index (κ3) is 4.40. The zero-order valence-corrected chi connectivity index (χ0v) is 14.3. The molecule has 0 radical (unpaired) electrons. The van der Waals surface area contributed by atoms with Crippen molar-refractivity contribution in [3.05, 3.63) is 63.1 Å². The van der Waals surface area contributed by atoms with Crippen LogP contribution in [0, 0.1) is 0 Å². The molecule has 0 aliphatic heterocycles. The number of amides is 1. The van der Waals surface area contributed by atoms with Crippen LogP contribution in [0.15, 0.2) is 36.4 Å². The second-order valence-electron chi connectivity index (χ2n) is 4.97. The quantitative estimate of drug-likeness (QED) is 0.816. The molecular weight excluding hydrogens is 353 g/mol. The summed E-state index contributed by atoms with van der Waals surface area (Å²) >= 11 is 11.7. The molecule has 2 N–H and O–H groups in total. The lowest BCUT2D eigenvalue weighted by Crippen LogP contribution is -2.26. The van der Waals surface area contributed by atoms with Gasteiger partial charge in [-0.05, 0) is 42.3 Å². The highest BCUT2D eigenvalue weighted by Gasteiger charge is 2.13. The Hall–Kier alpha value is -2.24. The predicted octanol–water partition coefficient (Wildman–Crippen LogP) is 3.67. The number of methoxy groups -OCH3 is 1. The van der Waals surface area contributed by atoms with Crippen LogP contribution in [0.25, 0.3) is 0 Å². The van der Waals surface area contributed by atoms with Gasteiger partial charge in [0, 0.05) is 11.6 Å². The van der Waals surface area contributed by atoms with Crippen molar-refractivity contribution < 1.29 is 19.4 Å². The number of ether oxygens (including phenoxy) is 1. The first-order valence-corrected chi connectivity index (χ1v) is 7.81. The number of hydrogen-bond acceptors (Lipinski definition) is 3. The van der Waals surface area contributed by atoms with Gasteiger partial charge in [-0.1, -0.05) is 29.3 Å². The number of nitrogens with one attached hydrogen (secondary N) is 1. The van der Waals surface area contributed by atoms with Gasteiger partial charge in [-0.2, -0.15) is 0 Å². The molecule has 0 saturated carbocycles. The molecule has 1 amide bonds. The monoisotopic (exact) mass is 367 g/mol. The number of rotatable bonds is 6. The van der Waals surface area contributed by atoms with Gasteiger partial charge in [0.2, 0.25) is 0 Å². The molecule has 5 nitrogen and oxygen atoms in total. The fourth-order valence-corrected chi connectivity index (χ4v) is 2.54. The lowest BCUT2D eigenvalue weighted by atomic mass is 10.1. The highest BCUT2D eigenvalue weighted by molar-refractivity contribution is 6.33. The molecular formula is C17H15Cl2NO4. The molecule has 0 heterocycles. The Kier molecular flexibility index (Phi) is 6.06. The van der Waals surface area contributed by atoms with Gasteiger partial charge in [-0.25, -0.2) is 4.79 Å². The fourth-order valence-electron chi connectivity index (χ4n) is 2.17. The lowest BCUT2D eigenvalue weighted by molar-refractivity contribution is 0.0696. The van der Waals surface area contributed by atoms with Gasteiger partial charge in [0.25, 0.3) is 5.91 Å². The summed E-state index contributed by atoms with van der Waals surface area (Å²) in [6.07, 6.45) is 0.464. The average Bonchev–Trinajstić information content (AvgIpc) is 2.56. The first-order chi connectivity index (χ1) is 11.4. The van der Waals surface area contributed by atoms with Crippen molar-refractivity contribution in [1.82, 2.24) is 5.32 Å². The molecule has 24 heavy (non-hydrogen) atoms. The average molecular weight is 368 g/mol. The molecule has 2 rings (SSSR count). The summed E-state index contributed by atoms with van der Waals surface area (Å²) < 4.78 is 5.14. The molecule has 2 aromatic rings. The van der Waals surface area contributed by atoms with Crippen molar-refractivity contribution in [3.8, 4) is 5.75 Å². The Morgan fingerprint density at radius 2 is 1.88 bits per heavy atom. The summed E-state index contributed by atoms with van der Waals surface area (Å²) in [5.41, 5.74) is 1.14. The molecule has 126 valence electrons. The van der Waals surface area contributed by atoms with Crippen LogP contribution in [-0.4, -0.2) is 30.6 Å². The van der Waals surface area contributed by atoms with Crippen molar-refractivity contribution in [1.29, 1.82) is 0 Å². The van der Waals surface area contributed by atoms with Gasteiger partial charge >= 0.3 is 5.97 Å². The molecule has 2 aromatic carbocycles. The summed E-state index contributed by atoms with van der Waals surface area (Å²) in [6.45, 7) is 0.329. The van der Waals surface area contributed by atoms with Crippen molar-refractivity contribution in [2.24, 2.45) is 0 Å². The van der Waals surface area contributed by atoms with Crippen molar-refractivity contribution in [2.75, 3.05) is 13.7 Å². The summed E-state index contributed by atoms with van der Waals surface area (Å²) in [5.74, 6) is -0.979. The smallest absolute Gasteiger partial charge is 0.337 e. The summed E-state index contributed by atoms with van der Waals surface area (Å²) in [6, 6.07) is 9.54. The summed E-state index contributed by atoms with van der Waals surface area (Å²) in [5, 5.41) is 12.4. The minimum atomic E-state index is -1.09. The Morgan fingerprint density at radius 1 is 1.12 bits per heavy atom. The van der Waals surface area contributed by atoms with E-state index in [1.54, 1.807) is 18.2 Å². The highest BCUT2D eigenvalue weighted by Crippen LogP contribution is 2.22. The molecule has 0 aliphatic rings. The van der Waals surface area contributed by atoms with Crippen molar-refractivity contribution in [2.45, 2.75) is 6.42 Å². The van der Waals surface area contributed by atoms with Crippen LogP contribution in [0.2, 0.25) is 10.0 Å². The van der Waals surface area contributed by atoms with Gasteiger partial charge in [-0.3, -0.25) is 4.79 Å². The van der Waals surface area contributed by atoms with E-state index in [0.29, 0.717) is 29.3 Å². The molecule has 0 aliphatic carbocycles. The summed E-state index contributed by atoms with van der Waals surface area (Å²) in [7, 11) is 1.47. The maximum Gasteiger partial charge on any atom is 0.337 e. The van der Waals surface area contributed by atoms with E-state index < -0.39 is 5.97 Å². The van der Waals surface area contributed by atoms with Gasteiger partial charge in [-0.15, -0.1) is 0 Å². The van der Waals surface area contributed by atoms with Crippen LogP contribution in [0.4, 0.5) is 0 Å². The number of hydrogen-bond donors (Lipinski definition) is 2. The number of halogens is 2. The molecule has 7 heteroatoms. The number of carboxylic acid groups (broad SMARTS) is 1. The third-order valence-electron chi connectivity index (χ3n) is 3.37. The second kappa shape index (κ2) is 8.04. The van der Waals surface area contributed by atoms with Crippen LogP contribution < -0.4 is 10.1 Å². The maximum atomic E-state index is 12.2. The Morgan fingerprint density at radius 3 is 2.54 bits per heavy atom. The number of carbonyl (C=O) groups is 2. The van der Waals surface area contributed by atoms with Crippen LogP contribution in [-0.2, 0) is 6.42 Å². The molecule has 0 bridgehead atoms. The van der Waals surface area contributed by atoms with Gasteiger partial charge in [0.1, 0.15) is 5.75 Å². The normalized spacial score (nSPS) is 10.3. The minimum absolute atomic E-state index is 0.0389. The Balaban J connectivity index is 2.02. The number of aromatic carboxylic acids is 1. The van der Waals surface area contributed by atoms with E-state index in [-0.39, 0.29) is 16.5 Å². The van der Waals surface area contributed by atoms with Gasteiger partial charge in [0.15, 0.2) is 0 Å². The Labute approximate surface area is 149 Å². The largest absolute Gasteiger partial charge is 0.496 e. The van der Waals surface area contributed by atoms with Gasteiger partial charge in [0.05, 0.1) is 23.3 Å². The van der Waals surface area contributed by atoms with Crippen LogP contribution in [0.1, 0.15) is 26.3 Å². The number of carboxylic acids is 1. The van der Waals surface area contributed by atoms with Gasteiger partial charge < -0.3 is 15.2 Å². The summed E-state index contributed by atoms with van der Waals surface area (Å²) in [4.78, 5) is 23.3. The van der Waals surface area contributed by atoms with E-state index in [2.05, 4.69) is 5.32 Å². The minimum Gasteiger partial charge on any atom is -0.496 e. The topological polar surface area (TPSA) is 75.6 Å². The molecule has 0 saturated heterocycles. The first kappa shape index (κ1) is 18.1. The van der Waals surface area contributed by atoms with E-state index in [9.17, 15) is 9.59 Å². The zero-order valence-electron chi connectivity index (χ0n) is 12.8. The molecule has 0 fully saturated rings. The number of benzene rings is 2. The predicted molar refractivity (Wildman–Crippen MR) is 92.5 cm³/mol. The fraction of sp³-hybridized carbons (Fsp3) is 0.176. The third-order valence-corrected chi connectivity index (χ3v) is 3.93. The zero-order chi connectivity index (χ0) is 17.7. The molecule has 0 spiro atoms. The van der Waals surface area contributed by atoms with Crippen molar-refractivity contribution in [3.63, 3.8) is 0 Å². The maximum absolute atomic E-state index is 12.2. The van der Waals surface area contributed by atoms with E-state index in [0.717, 1.165) is 5.56 Å². The van der Waals surface area contributed by atoms with E-state index in [1.807, 2.05) is 0 Å². The highest BCUT2D eigenvalue weighted by atomic mass is 35.5.